The predicted octanol–water partition coefficient (Wildman–Crippen LogP) is 4.23. The highest BCUT2D eigenvalue weighted by atomic mass is 35.5. The van der Waals surface area contributed by atoms with Gasteiger partial charge in [-0.2, -0.15) is 0 Å². The van der Waals surface area contributed by atoms with E-state index < -0.39 is 0 Å². The summed E-state index contributed by atoms with van der Waals surface area (Å²) >= 11 is 6.06. The Morgan fingerprint density at radius 1 is 1.00 bits per heavy atom. The van der Waals surface area contributed by atoms with Crippen LogP contribution in [-0.4, -0.2) is 20.3 Å². The second-order valence-electron chi connectivity index (χ2n) is 4.28. The van der Waals surface area contributed by atoms with E-state index in [1.165, 1.54) is 0 Å². The number of benzene rings is 2. The Morgan fingerprint density at radius 2 is 1.70 bits per heavy atom. The molecule has 20 heavy (non-hydrogen) atoms. The van der Waals surface area contributed by atoms with Gasteiger partial charge in [-0.25, -0.2) is 0 Å². The molecule has 0 amide bonds. The van der Waals surface area contributed by atoms with Crippen molar-refractivity contribution in [1.29, 1.82) is 0 Å². The number of para-hydroxylation sites is 1. The average Bonchev–Trinajstić information content (AvgIpc) is 2.49. The fourth-order valence-electron chi connectivity index (χ4n) is 1.76. The SMILES string of the molecule is COc1ccc(OCCCNc2ccccc2Cl)cc1. The molecule has 0 atom stereocenters. The summed E-state index contributed by atoms with van der Waals surface area (Å²) in [6.45, 7) is 1.48. The molecule has 0 aliphatic heterocycles. The van der Waals surface area contributed by atoms with Gasteiger partial charge in [0.25, 0.3) is 0 Å². The van der Waals surface area contributed by atoms with E-state index in [1.807, 2.05) is 48.5 Å². The first kappa shape index (κ1) is 14.5. The lowest BCUT2D eigenvalue weighted by Gasteiger charge is -2.09. The van der Waals surface area contributed by atoms with E-state index in [-0.39, 0.29) is 0 Å². The molecule has 4 heteroatoms. The van der Waals surface area contributed by atoms with Gasteiger partial charge in [0.1, 0.15) is 11.5 Å². The molecule has 0 heterocycles. The lowest BCUT2D eigenvalue weighted by molar-refractivity contribution is 0.314. The summed E-state index contributed by atoms with van der Waals surface area (Å²) < 4.78 is 10.7. The van der Waals surface area contributed by atoms with Crippen LogP contribution in [0.15, 0.2) is 48.5 Å². The number of ether oxygens (including phenoxy) is 2. The molecule has 0 saturated carbocycles. The van der Waals surface area contributed by atoms with Crippen LogP contribution in [0.25, 0.3) is 0 Å². The van der Waals surface area contributed by atoms with E-state index in [0.717, 1.165) is 35.2 Å². The average molecular weight is 292 g/mol. The topological polar surface area (TPSA) is 30.5 Å². The number of halogens is 1. The van der Waals surface area contributed by atoms with Gasteiger partial charge in [0, 0.05) is 6.54 Å². The van der Waals surface area contributed by atoms with Crippen molar-refractivity contribution in [2.45, 2.75) is 6.42 Å². The molecular weight excluding hydrogens is 274 g/mol. The third-order valence-electron chi connectivity index (χ3n) is 2.84. The predicted molar refractivity (Wildman–Crippen MR) is 83.0 cm³/mol. The molecule has 0 bridgehead atoms. The summed E-state index contributed by atoms with van der Waals surface area (Å²) in [5.74, 6) is 1.68. The fourth-order valence-corrected chi connectivity index (χ4v) is 1.96. The van der Waals surface area contributed by atoms with E-state index in [1.54, 1.807) is 7.11 Å². The largest absolute Gasteiger partial charge is 0.497 e. The Kier molecular flexibility index (Phi) is 5.56. The Bertz CT molecular complexity index is 528. The van der Waals surface area contributed by atoms with E-state index in [4.69, 9.17) is 21.1 Å². The number of nitrogens with one attached hydrogen (secondary N) is 1. The van der Waals surface area contributed by atoms with Crippen molar-refractivity contribution in [3.05, 3.63) is 53.6 Å². The normalized spacial score (nSPS) is 10.1. The van der Waals surface area contributed by atoms with Gasteiger partial charge in [0.2, 0.25) is 0 Å². The smallest absolute Gasteiger partial charge is 0.119 e. The van der Waals surface area contributed by atoms with E-state index in [2.05, 4.69) is 5.32 Å². The molecule has 0 saturated heterocycles. The summed E-state index contributed by atoms with van der Waals surface area (Å²) in [4.78, 5) is 0. The van der Waals surface area contributed by atoms with Crippen molar-refractivity contribution in [2.24, 2.45) is 0 Å². The first-order chi connectivity index (χ1) is 9.79. The summed E-state index contributed by atoms with van der Waals surface area (Å²) in [5, 5.41) is 4.02. The first-order valence-electron chi connectivity index (χ1n) is 6.55. The van der Waals surface area contributed by atoms with Gasteiger partial charge in [-0.1, -0.05) is 23.7 Å². The molecule has 0 fully saturated rings. The van der Waals surface area contributed by atoms with Gasteiger partial charge in [-0.3, -0.25) is 0 Å². The zero-order valence-corrected chi connectivity index (χ0v) is 12.2. The quantitative estimate of drug-likeness (QED) is 0.774. The third-order valence-corrected chi connectivity index (χ3v) is 3.17. The highest BCUT2D eigenvalue weighted by Gasteiger charge is 1.98. The number of methoxy groups -OCH3 is 1. The second-order valence-corrected chi connectivity index (χ2v) is 4.69. The van der Waals surface area contributed by atoms with E-state index in [0.29, 0.717) is 6.61 Å². The van der Waals surface area contributed by atoms with Gasteiger partial charge >= 0.3 is 0 Å². The highest BCUT2D eigenvalue weighted by Crippen LogP contribution is 2.20. The molecule has 2 aromatic carbocycles. The zero-order chi connectivity index (χ0) is 14.2. The Hall–Kier alpha value is -1.87. The van der Waals surface area contributed by atoms with Gasteiger partial charge in [0.05, 0.1) is 24.4 Å². The highest BCUT2D eigenvalue weighted by molar-refractivity contribution is 6.33. The molecule has 2 rings (SSSR count). The Balaban J connectivity index is 1.67. The molecule has 0 aliphatic rings. The summed E-state index contributed by atoms with van der Waals surface area (Å²) in [6.07, 6.45) is 0.900. The molecule has 0 unspecified atom stereocenters. The van der Waals surface area contributed by atoms with E-state index >= 15 is 0 Å². The van der Waals surface area contributed by atoms with Gasteiger partial charge in [-0.05, 0) is 42.8 Å². The minimum Gasteiger partial charge on any atom is -0.497 e. The molecule has 0 spiro atoms. The summed E-state index contributed by atoms with van der Waals surface area (Å²) in [6, 6.07) is 15.3. The maximum Gasteiger partial charge on any atom is 0.119 e. The standard InChI is InChI=1S/C16H18ClNO2/c1-19-13-7-9-14(10-8-13)20-12-4-11-18-16-6-3-2-5-15(16)17/h2-3,5-10,18H,4,11-12H2,1H3. The van der Waals surface area contributed by atoms with Crippen LogP contribution in [0.2, 0.25) is 5.02 Å². The molecule has 0 aliphatic carbocycles. The second kappa shape index (κ2) is 7.65. The van der Waals surface area contributed by atoms with Crippen LogP contribution in [0.3, 0.4) is 0 Å². The molecule has 106 valence electrons. The minimum absolute atomic E-state index is 0.657. The lowest BCUT2D eigenvalue weighted by Crippen LogP contribution is -2.07. The monoisotopic (exact) mass is 291 g/mol. The molecule has 2 aromatic rings. The van der Waals surface area contributed by atoms with Crippen LogP contribution in [-0.2, 0) is 0 Å². The molecule has 0 radical (unpaired) electrons. The van der Waals surface area contributed by atoms with Crippen LogP contribution in [0, 0.1) is 0 Å². The fraction of sp³-hybridized carbons (Fsp3) is 0.250. The number of anilines is 1. The third kappa shape index (κ3) is 4.35. The molecular formula is C16H18ClNO2. The van der Waals surface area contributed by atoms with Gasteiger partial charge < -0.3 is 14.8 Å². The maximum absolute atomic E-state index is 6.06. The molecule has 1 N–H and O–H groups in total. The van der Waals surface area contributed by atoms with Gasteiger partial charge in [-0.15, -0.1) is 0 Å². The summed E-state index contributed by atoms with van der Waals surface area (Å²) in [5.41, 5.74) is 0.957. The first-order valence-corrected chi connectivity index (χ1v) is 6.92. The summed E-state index contributed by atoms with van der Waals surface area (Å²) in [7, 11) is 1.65. The van der Waals surface area contributed by atoms with Crippen LogP contribution in [0.4, 0.5) is 5.69 Å². The van der Waals surface area contributed by atoms with Crippen LogP contribution in [0.5, 0.6) is 11.5 Å². The minimum atomic E-state index is 0.657. The van der Waals surface area contributed by atoms with Crippen molar-refractivity contribution in [3.63, 3.8) is 0 Å². The number of hydrogen-bond acceptors (Lipinski definition) is 3. The zero-order valence-electron chi connectivity index (χ0n) is 11.4. The van der Waals surface area contributed by atoms with Crippen molar-refractivity contribution < 1.29 is 9.47 Å². The lowest BCUT2D eigenvalue weighted by atomic mass is 10.3. The Labute approximate surface area is 124 Å². The molecule has 0 aromatic heterocycles. The Morgan fingerprint density at radius 3 is 2.40 bits per heavy atom. The van der Waals surface area contributed by atoms with Crippen molar-refractivity contribution in [3.8, 4) is 11.5 Å². The van der Waals surface area contributed by atoms with Crippen LogP contribution >= 0.6 is 11.6 Å². The van der Waals surface area contributed by atoms with E-state index in [9.17, 15) is 0 Å². The van der Waals surface area contributed by atoms with Crippen molar-refractivity contribution in [1.82, 2.24) is 0 Å². The number of hydrogen-bond donors (Lipinski definition) is 1. The van der Waals surface area contributed by atoms with Crippen molar-refractivity contribution >= 4 is 17.3 Å². The van der Waals surface area contributed by atoms with Crippen LogP contribution in [0.1, 0.15) is 6.42 Å². The van der Waals surface area contributed by atoms with Gasteiger partial charge in [0.15, 0.2) is 0 Å². The molecule has 3 nitrogen and oxygen atoms in total. The number of rotatable bonds is 7. The van der Waals surface area contributed by atoms with Crippen LogP contribution < -0.4 is 14.8 Å². The maximum atomic E-state index is 6.06. The van der Waals surface area contributed by atoms with Crippen molar-refractivity contribution in [2.75, 3.05) is 25.6 Å².